The average Bonchev–Trinajstić information content (AvgIpc) is 2.18. The number of hydrogen-bond acceptors (Lipinski definition) is 2. The summed E-state index contributed by atoms with van der Waals surface area (Å²) in [6.07, 6.45) is 5.60. The molecule has 0 aliphatic carbocycles. The summed E-state index contributed by atoms with van der Waals surface area (Å²) in [5.74, 6) is 0.482. The Kier molecular flexibility index (Phi) is 4.74. The molecule has 0 spiro atoms. The highest BCUT2D eigenvalue weighted by molar-refractivity contribution is 4.76. The molecular weight excluding hydrogens is 164 g/mol. The molecule has 1 saturated heterocycles. The molecule has 78 valence electrons. The van der Waals surface area contributed by atoms with Gasteiger partial charge in [-0.05, 0) is 31.6 Å². The molecule has 1 heterocycles. The van der Waals surface area contributed by atoms with E-state index in [1.165, 1.54) is 6.42 Å². The summed E-state index contributed by atoms with van der Waals surface area (Å²) in [6.45, 7) is 5.07. The predicted octanol–water partition coefficient (Wildman–Crippen LogP) is 2.35. The van der Waals surface area contributed by atoms with Crippen LogP contribution in [0.25, 0.3) is 0 Å². The fourth-order valence-electron chi connectivity index (χ4n) is 2.12. The molecule has 1 rings (SSSR count). The molecule has 3 unspecified atom stereocenters. The second kappa shape index (κ2) is 5.61. The van der Waals surface area contributed by atoms with Gasteiger partial charge in [-0.1, -0.05) is 20.3 Å². The Balaban J connectivity index is 2.32. The van der Waals surface area contributed by atoms with Crippen molar-refractivity contribution in [3.63, 3.8) is 0 Å². The third-order valence-corrected chi connectivity index (χ3v) is 2.98. The Bertz CT molecular complexity index is 134. The molecule has 0 bridgehead atoms. The van der Waals surface area contributed by atoms with Crippen LogP contribution in [0.3, 0.4) is 0 Å². The molecule has 0 aromatic rings. The summed E-state index contributed by atoms with van der Waals surface area (Å²) in [4.78, 5) is 0. The largest absolute Gasteiger partial charge is 0.393 e. The minimum Gasteiger partial charge on any atom is -0.393 e. The lowest BCUT2D eigenvalue weighted by molar-refractivity contribution is -0.0472. The van der Waals surface area contributed by atoms with Crippen molar-refractivity contribution in [3.8, 4) is 0 Å². The van der Waals surface area contributed by atoms with Crippen LogP contribution in [-0.2, 0) is 4.74 Å². The van der Waals surface area contributed by atoms with Gasteiger partial charge in [-0.15, -0.1) is 0 Å². The zero-order chi connectivity index (χ0) is 9.68. The minimum absolute atomic E-state index is 0.108. The highest BCUT2D eigenvalue weighted by atomic mass is 16.5. The fourth-order valence-corrected chi connectivity index (χ4v) is 2.12. The van der Waals surface area contributed by atoms with Gasteiger partial charge in [0.25, 0.3) is 0 Å². The third-order valence-electron chi connectivity index (χ3n) is 2.98. The zero-order valence-corrected chi connectivity index (χ0v) is 8.83. The van der Waals surface area contributed by atoms with E-state index in [1.807, 2.05) is 0 Å². The molecule has 2 nitrogen and oxygen atoms in total. The van der Waals surface area contributed by atoms with Crippen molar-refractivity contribution in [2.75, 3.05) is 6.61 Å². The van der Waals surface area contributed by atoms with Crippen LogP contribution in [0.1, 0.15) is 46.0 Å². The molecule has 13 heavy (non-hydrogen) atoms. The summed E-state index contributed by atoms with van der Waals surface area (Å²) in [7, 11) is 0. The summed E-state index contributed by atoms with van der Waals surface area (Å²) < 4.78 is 5.63. The Morgan fingerprint density at radius 1 is 1.46 bits per heavy atom. The minimum atomic E-state index is -0.108. The van der Waals surface area contributed by atoms with E-state index in [2.05, 4.69) is 13.8 Å². The smallest absolute Gasteiger partial charge is 0.0578 e. The van der Waals surface area contributed by atoms with Crippen LogP contribution in [0.2, 0.25) is 0 Å². The molecular formula is C11H22O2. The molecule has 0 aromatic heterocycles. The lowest BCUT2D eigenvalue weighted by Gasteiger charge is -2.32. The van der Waals surface area contributed by atoms with E-state index in [0.29, 0.717) is 12.0 Å². The molecule has 0 amide bonds. The molecule has 0 saturated carbocycles. The maximum Gasteiger partial charge on any atom is 0.0578 e. The number of aliphatic hydroxyl groups excluding tert-OH is 1. The lowest BCUT2D eigenvalue weighted by Crippen LogP contribution is -2.32. The topological polar surface area (TPSA) is 29.5 Å². The second-order valence-corrected chi connectivity index (χ2v) is 4.04. The highest BCUT2D eigenvalue weighted by Gasteiger charge is 2.26. The van der Waals surface area contributed by atoms with E-state index >= 15 is 0 Å². The van der Waals surface area contributed by atoms with Gasteiger partial charge in [-0.2, -0.15) is 0 Å². The number of rotatable bonds is 4. The molecule has 0 aromatic carbocycles. The zero-order valence-electron chi connectivity index (χ0n) is 8.83. The van der Waals surface area contributed by atoms with Crippen molar-refractivity contribution >= 4 is 0 Å². The van der Waals surface area contributed by atoms with Gasteiger partial charge in [0, 0.05) is 6.61 Å². The maximum atomic E-state index is 9.71. The predicted molar refractivity (Wildman–Crippen MR) is 53.7 cm³/mol. The highest BCUT2D eigenvalue weighted by Crippen LogP contribution is 2.26. The van der Waals surface area contributed by atoms with Crippen molar-refractivity contribution in [3.05, 3.63) is 0 Å². The van der Waals surface area contributed by atoms with Gasteiger partial charge >= 0.3 is 0 Å². The number of ether oxygens (including phenoxy) is 1. The fraction of sp³-hybridized carbons (Fsp3) is 1.00. The van der Waals surface area contributed by atoms with Gasteiger partial charge in [-0.3, -0.25) is 0 Å². The Labute approximate surface area is 81.3 Å². The van der Waals surface area contributed by atoms with Crippen molar-refractivity contribution in [2.45, 2.75) is 58.2 Å². The van der Waals surface area contributed by atoms with Crippen molar-refractivity contribution in [1.29, 1.82) is 0 Å². The SMILES string of the molecule is CCCC1CC(C(O)CC)CCO1. The molecule has 0 radical (unpaired) electrons. The molecule has 1 fully saturated rings. The lowest BCUT2D eigenvalue weighted by atomic mass is 9.88. The molecule has 1 N–H and O–H groups in total. The number of aliphatic hydroxyl groups is 1. The van der Waals surface area contributed by atoms with E-state index in [1.54, 1.807) is 0 Å². The quantitative estimate of drug-likeness (QED) is 0.730. The van der Waals surface area contributed by atoms with Crippen molar-refractivity contribution in [1.82, 2.24) is 0 Å². The monoisotopic (exact) mass is 186 g/mol. The van der Waals surface area contributed by atoms with Gasteiger partial charge in [0.1, 0.15) is 0 Å². The van der Waals surface area contributed by atoms with E-state index in [0.717, 1.165) is 32.3 Å². The van der Waals surface area contributed by atoms with Crippen molar-refractivity contribution < 1.29 is 9.84 Å². The second-order valence-electron chi connectivity index (χ2n) is 4.04. The molecule has 2 heteroatoms. The van der Waals surface area contributed by atoms with E-state index < -0.39 is 0 Å². The van der Waals surface area contributed by atoms with Gasteiger partial charge in [0.05, 0.1) is 12.2 Å². The summed E-state index contributed by atoms with van der Waals surface area (Å²) in [5, 5.41) is 9.71. The van der Waals surface area contributed by atoms with Crippen LogP contribution < -0.4 is 0 Å². The Morgan fingerprint density at radius 3 is 2.85 bits per heavy atom. The third kappa shape index (κ3) is 3.28. The average molecular weight is 186 g/mol. The Morgan fingerprint density at radius 2 is 2.23 bits per heavy atom. The van der Waals surface area contributed by atoms with Crippen LogP contribution in [-0.4, -0.2) is 23.9 Å². The number of hydrogen-bond donors (Lipinski definition) is 1. The molecule has 1 aliphatic rings. The molecule has 1 aliphatic heterocycles. The van der Waals surface area contributed by atoms with Crippen LogP contribution in [0.15, 0.2) is 0 Å². The van der Waals surface area contributed by atoms with Crippen molar-refractivity contribution in [2.24, 2.45) is 5.92 Å². The van der Waals surface area contributed by atoms with Gasteiger partial charge in [-0.25, -0.2) is 0 Å². The summed E-state index contributed by atoms with van der Waals surface area (Å²) >= 11 is 0. The van der Waals surface area contributed by atoms with E-state index in [4.69, 9.17) is 4.74 Å². The first kappa shape index (κ1) is 11.0. The van der Waals surface area contributed by atoms with Crippen LogP contribution in [0.4, 0.5) is 0 Å². The maximum absolute atomic E-state index is 9.71. The summed E-state index contributed by atoms with van der Waals surface area (Å²) in [5.41, 5.74) is 0. The van der Waals surface area contributed by atoms with Crippen LogP contribution in [0, 0.1) is 5.92 Å². The first-order valence-electron chi connectivity index (χ1n) is 5.57. The van der Waals surface area contributed by atoms with Crippen LogP contribution >= 0.6 is 0 Å². The first-order valence-corrected chi connectivity index (χ1v) is 5.57. The molecule has 3 atom stereocenters. The van der Waals surface area contributed by atoms with Gasteiger partial charge in [0.15, 0.2) is 0 Å². The van der Waals surface area contributed by atoms with Gasteiger partial charge in [0.2, 0.25) is 0 Å². The van der Waals surface area contributed by atoms with E-state index in [9.17, 15) is 5.11 Å². The van der Waals surface area contributed by atoms with Gasteiger partial charge < -0.3 is 9.84 Å². The summed E-state index contributed by atoms with van der Waals surface area (Å²) in [6, 6.07) is 0. The Hall–Kier alpha value is -0.0800. The normalized spacial score (nSPS) is 31.6. The first-order chi connectivity index (χ1) is 6.27. The standard InChI is InChI=1S/C11H22O2/c1-3-5-10-8-9(6-7-13-10)11(12)4-2/h9-12H,3-8H2,1-2H3. The van der Waals surface area contributed by atoms with Crippen LogP contribution in [0.5, 0.6) is 0 Å². The van der Waals surface area contributed by atoms with E-state index in [-0.39, 0.29) is 6.10 Å².